The monoisotopic (exact) mass is 360 g/mol. The Hall–Kier alpha value is -3.23. The highest BCUT2D eigenvalue weighted by Crippen LogP contribution is 2.34. The first kappa shape index (κ1) is 19.1. The molecule has 1 heterocycles. The van der Waals surface area contributed by atoms with Gasteiger partial charge in [-0.1, -0.05) is 0 Å². The van der Waals surface area contributed by atoms with Gasteiger partial charge in [0.25, 0.3) is 0 Å². The molecule has 0 bridgehead atoms. The zero-order chi connectivity index (χ0) is 18.9. The normalized spacial score (nSPS) is 10.7. The number of nitrogens with one attached hydrogen (secondary N) is 3. The van der Waals surface area contributed by atoms with Crippen molar-refractivity contribution < 1.29 is 14.3 Å². The lowest BCUT2D eigenvalue weighted by atomic mass is 10.2. The number of methoxy groups -OCH3 is 1. The van der Waals surface area contributed by atoms with Crippen LogP contribution in [0.15, 0.2) is 24.4 Å². The summed E-state index contributed by atoms with van der Waals surface area (Å²) >= 11 is 0. The van der Waals surface area contributed by atoms with Gasteiger partial charge in [-0.05, 0) is 18.7 Å². The van der Waals surface area contributed by atoms with E-state index in [0.29, 0.717) is 42.8 Å². The predicted octanol–water partition coefficient (Wildman–Crippen LogP) is 1.08. The van der Waals surface area contributed by atoms with Gasteiger partial charge in [0, 0.05) is 38.2 Å². The SMILES string of the molecule is CNc1nc(NC)c2cc(OC)c(OCCCNC(=O)C=CN)cc2n1. The minimum atomic E-state index is -0.230. The molecule has 0 aliphatic heterocycles. The average molecular weight is 360 g/mol. The standard InChI is InChI=1S/C17H24N6O3/c1-19-16-11-9-13(25-3)14(10-12(11)22-17(20-2)23-16)26-8-4-7-21-15(24)5-6-18/h5-6,9-10H,4,7-8,18H2,1-3H3,(H,21,24)(H2,19,20,22,23). The van der Waals surface area contributed by atoms with Crippen LogP contribution in [0.1, 0.15) is 6.42 Å². The molecule has 1 amide bonds. The quantitative estimate of drug-likeness (QED) is 0.387. The molecule has 26 heavy (non-hydrogen) atoms. The molecule has 0 radical (unpaired) electrons. The Morgan fingerprint density at radius 3 is 2.69 bits per heavy atom. The summed E-state index contributed by atoms with van der Waals surface area (Å²) in [5, 5.41) is 9.52. The number of anilines is 2. The maximum Gasteiger partial charge on any atom is 0.245 e. The number of nitrogens with zero attached hydrogens (tertiary/aromatic N) is 2. The van der Waals surface area contributed by atoms with E-state index in [1.54, 1.807) is 21.2 Å². The number of aromatic nitrogens is 2. The average Bonchev–Trinajstić information content (AvgIpc) is 2.66. The Balaban J connectivity index is 2.12. The summed E-state index contributed by atoms with van der Waals surface area (Å²) in [4.78, 5) is 20.1. The van der Waals surface area contributed by atoms with Crippen molar-refractivity contribution >= 4 is 28.6 Å². The van der Waals surface area contributed by atoms with Crippen LogP contribution in [-0.2, 0) is 4.79 Å². The zero-order valence-corrected chi connectivity index (χ0v) is 15.1. The van der Waals surface area contributed by atoms with E-state index in [-0.39, 0.29) is 5.91 Å². The molecule has 2 aromatic rings. The first-order valence-electron chi connectivity index (χ1n) is 8.17. The number of carbonyl (C=O) groups excluding carboxylic acids is 1. The van der Waals surface area contributed by atoms with Gasteiger partial charge in [0.15, 0.2) is 11.5 Å². The fraction of sp³-hybridized carbons (Fsp3) is 0.353. The lowest BCUT2D eigenvalue weighted by Gasteiger charge is -2.14. The lowest BCUT2D eigenvalue weighted by Crippen LogP contribution is -2.23. The number of fused-ring (bicyclic) bond motifs is 1. The second kappa shape index (κ2) is 9.30. The third-order valence-electron chi connectivity index (χ3n) is 3.57. The Bertz CT molecular complexity index is 794. The van der Waals surface area contributed by atoms with Crippen molar-refractivity contribution in [1.82, 2.24) is 15.3 Å². The van der Waals surface area contributed by atoms with Crippen LogP contribution in [0, 0.1) is 0 Å². The first-order valence-corrected chi connectivity index (χ1v) is 8.17. The maximum absolute atomic E-state index is 11.3. The van der Waals surface area contributed by atoms with Gasteiger partial charge in [-0.15, -0.1) is 0 Å². The summed E-state index contributed by atoms with van der Waals surface area (Å²) in [6, 6.07) is 3.65. The molecule has 0 aliphatic carbocycles. The molecule has 5 N–H and O–H groups in total. The largest absolute Gasteiger partial charge is 0.493 e. The Morgan fingerprint density at radius 1 is 1.23 bits per heavy atom. The Morgan fingerprint density at radius 2 is 2.04 bits per heavy atom. The summed E-state index contributed by atoms with van der Waals surface area (Å²) in [7, 11) is 5.14. The molecular formula is C17H24N6O3. The van der Waals surface area contributed by atoms with Crippen molar-refractivity contribution in [2.75, 3.05) is 45.0 Å². The van der Waals surface area contributed by atoms with Crippen LogP contribution in [0.3, 0.4) is 0 Å². The van der Waals surface area contributed by atoms with E-state index in [1.165, 1.54) is 12.3 Å². The molecule has 0 spiro atoms. The second-order valence-corrected chi connectivity index (χ2v) is 5.27. The van der Waals surface area contributed by atoms with Gasteiger partial charge in [-0.2, -0.15) is 4.98 Å². The molecule has 0 atom stereocenters. The highest BCUT2D eigenvalue weighted by Gasteiger charge is 2.13. The van der Waals surface area contributed by atoms with Crippen molar-refractivity contribution in [3.05, 3.63) is 24.4 Å². The molecule has 0 aliphatic rings. The Kier molecular flexibility index (Phi) is 6.84. The summed E-state index contributed by atoms with van der Waals surface area (Å²) < 4.78 is 11.2. The van der Waals surface area contributed by atoms with Crippen LogP contribution in [-0.4, -0.2) is 50.2 Å². The van der Waals surface area contributed by atoms with Gasteiger partial charge in [0.1, 0.15) is 5.82 Å². The number of hydrogen-bond donors (Lipinski definition) is 4. The van der Waals surface area contributed by atoms with Crippen molar-refractivity contribution in [3.8, 4) is 11.5 Å². The number of carbonyl (C=O) groups is 1. The molecule has 1 aromatic heterocycles. The summed E-state index contributed by atoms with van der Waals surface area (Å²) in [5.74, 6) is 2.14. The maximum atomic E-state index is 11.3. The third kappa shape index (κ3) is 4.65. The molecule has 9 heteroatoms. The van der Waals surface area contributed by atoms with Gasteiger partial charge in [-0.25, -0.2) is 4.98 Å². The molecule has 0 fully saturated rings. The van der Waals surface area contributed by atoms with E-state index in [1.807, 2.05) is 12.1 Å². The van der Waals surface area contributed by atoms with Crippen molar-refractivity contribution in [2.24, 2.45) is 5.73 Å². The van der Waals surface area contributed by atoms with Crippen LogP contribution < -0.4 is 31.2 Å². The van der Waals surface area contributed by atoms with Crippen LogP contribution in [0.2, 0.25) is 0 Å². The molecule has 9 nitrogen and oxygen atoms in total. The topological polar surface area (TPSA) is 123 Å². The van der Waals surface area contributed by atoms with E-state index >= 15 is 0 Å². The van der Waals surface area contributed by atoms with Crippen LogP contribution in [0.4, 0.5) is 11.8 Å². The summed E-state index contributed by atoms with van der Waals surface area (Å²) in [5.41, 5.74) is 5.88. The van der Waals surface area contributed by atoms with E-state index in [0.717, 1.165) is 10.9 Å². The summed E-state index contributed by atoms with van der Waals surface area (Å²) in [6.07, 6.45) is 3.11. The fourth-order valence-electron chi connectivity index (χ4n) is 2.32. The second-order valence-electron chi connectivity index (χ2n) is 5.27. The Labute approximate surface area is 152 Å². The van der Waals surface area contributed by atoms with Gasteiger partial charge in [0.05, 0.1) is 19.2 Å². The van der Waals surface area contributed by atoms with Crippen LogP contribution in [0.25, 0.3) is 10.9 Å². The lowest BCUT2D eigenvalue weighted by molar-refractivity contribution is -0.116. The van der Waals surface area contributed by atoms with E-state index in [4.69, 9.17) is 15.2 Å². The number of benzene rings is 1. The van der Waals surface area contributed by atoms with Gasteiger partial charge < -0.3 is 31.2 Å². The minimum absolute atomic E-state index is 0.230. The number of nitrogens with two attached hydrogens (primary N) is 1. The number of amides is 1. The molecule has 1 aromatic carbocycles. The number of hydrogen-bond acceptors (Lipinski definition) is 8. The van der Waals surface area contributed by atoms with Crippen molar-refractivity contribution in [1.29, 1.82) is 0 Å². The van der Waals surface area contributed by atoms with E-state index in [2.05, 4.69) is 25.9 Å². The van der Waals surface area contributed by atoms with E-state index < -0.39 is 0 Å². The zero-order valence-electron chi connectivity index (χ0n) is 15.1. The van der Waals surface area contributed by atoms with Crippen molar-refractivity contribution in [3.63, 3.8) is 0 Å². The highest BCUT2D eigenvalue weighted by atomic mass is 16.5. The van der Waals surface area contributed by atoms with Crippen molar-refractivity contribution in [2.45, 2.75) is 6.42 Å². The smallest absolute Gasteiger partial charge is 0.245 e. The van der Waals surface area contributed by atoms with E-state index in [9.17, 15) is 4.79 Å². The van der Waals surface area contributed by atoms with Crippen LogP contribution >= 0.6 is 0 Å². The molecule has 140 valence electrons. The highest BCUT2D eigenvalue weighted by molar-refractivity contribution is 5.92. The molecule has 2 rings (SSSR count). The van der Waals surface area contributed by atoms with Gasteiger partial charge in [-0.3, -0.25) is 4.79 Å². The third-order valence-corrected chi connectivity index (χ3v) is 3.57. The number of ether oxygens (including phenoxy) is 2. The molecule has 0 unspecified atom stereocenters. The fourth-order valence-corrected chi connectivity index (χ4v) is 2.32. The summed E-state index contributed by atoms with van der Waals surface area (Å²) in [6.45, 7) is 0.895. The van der Waals surface area contributed by atoms with Crippen LogP contribution in [0.5, 0.6) is 11.5 Å². The molecular weight excluding hydrogens is 336 g/mol. The molecule has 0 saturated carbocycles. The molecule has 0 saturated heterocycles. The van der Waals surface area contributed by atoms with Gasteiger partial charge in [0.2, 0.25) is 11.9 Å². The predicted molar refractivity (Wildman–Crippen MR) is 102 cm³/mol. The first-order chi connectivity index (χ1) is 12.6. The minimum Gasteiger partial charge on any atom is -0.493 e. The number of rotatable bonds is 9. The van der Waals surface area contributed by atoms with Gasteiger partial charge >= 0.3 is 0 Å².